The molecule has 0 radical (unpaired) electrons. The second kappa shape index (κ2) is 7.35. The summed E-state index contributed by atoms with van der Waals surface area (Å²) in [5, 5.41) is 3.09. The molecular weight excluding hydrogens is 282 g/mol. The number of fused-ring (bicyclic) bond motifs is 1. The Morgan fingerprint density at radius 2 is 2.05 bits per heavy atom. The van der Waals surface area contributed by atoms with Crippen LogP contribution < -0.4 is 20.5 Å². The fourth-order valence-electron chi connectivity index (χ4n) is 2.63. The lowest BCUT2D eigenvalue weighted by Crippen LogP contribution is -2.23. The van der Waals surface area contributed by atoms with Crippen LogP contribution in [0.15, 0.2) is 23.2 Å². The quantitative estimate of drug-likeness (QED) is 0.658. The number of benzene rings is 1. The topological polar surface area (TPSA) is 78.1 Å². The third-order valence-electron chi connectivity index (χ3n) is 3.78. The van der Waals surface area contributed by atoms with Crippen LogP contribution in [-0.2, 0) is 4.74 Å². The van der Waals surface area contributed by atoms with E-state index in [1.807, 2.05) is 18.2 Å². The minimum atomic E-state index is 0.342. The highest BCUT2D eigenvalue weighted by Gasteiger charge is 2.14. The largest absolute Gasteiger partial charge is 0.490 e. The number of hydrogen-bond acceptors (Lipinski definition) is 4. The van der Waals surface area contributed by atoms with E-state index in [0.717, 1.165) is 49.5 Å². The van der Waals surface area contributed by atoms with E-state index in [1.165, 1.54) is 0 Å². The van der Waals surface area contributed by atoms with Gasteiger partial charge in [0.25, 0.3) is 0 Å². The molecule has 6 nitrogen and oxygen atoms in total. The van der Waals surface area contributed by atoms with E-state index >= 15 is 0 Å². The molecule has 1 unspecified atom stereocenters. The summed E-state index contributed by atoms with van der Waals surface area (Å²) >= 11 is 0. The predicted molar refractivity (Wildman–Crippen MR) is 85.8 cm³/mol. The summed E-state index contributed by atoms with van der Waals surface area (Å²) in [6.07, 6.45) is 4.44. The highest BCUT2D eigenvalue weighted by atomic mass is 16.5. The standard InChI is InChI=1S/C16H23N3O3/c17-16(18-7-6-13-3-1-8-20-13)19-12-4-5-14-15(11-12)22-10-2-9-21-14/h4-5,11,13H,1-3,6-10H2,(H3,17,18,19). The second-order valence-electron chi connectivity index (χ2n) is 5.53. The summed E-state index contributed by atoms with van der Waals surface area (Å²) in [5.74, 6) is 1.93. The van der Waals surface area contributed by atoms with Gasteiger partial charge in [-0.05, 0) is 31.4 Å². The van der Waals surface area contributed by atoms with Crippen molar-refractivity contribution >= 4 is 11.6 Å². The summed E-state index contributed by atoms with van der Waals surface area (Å²) in [6.45, 7) is 2.90. The van der Waals surface area contributed by atoms with Gasteiger partial charge in [-0.25, -0.2) is 0 Å². The average molecular weight is 305 g/mol. The minimum Gasteiger partial charge on any atom is -0.490 e. The summed E-state index contributed by atoms with van der Waals surface area (Å²) in [7, 11) is 0. The van der Waals surface area contributed by atoms with Crippen LogP contribution in [0.3, 0.4) is 0 Å². The zero-order valence-corrected chi connectivity index (χ0v) is 12.7. The fourth-order valence-corrected chi connectivity index (χ4v) is 2.63. The molecule has 0 saturated carbocycles. The summed E-state index contributed by atoms with van der Waals surface area (Å²) in [4.78, 5) is 4.34. The molecule has 22 heavy (non-hydrogen) atoms. The van der Waals surface area contributed by atoms with Crippen LogP contribution in [-0.4, -0.2) is 38.4 Å². The molecule has 0 spiro atoms. The van der Waals surface area contributed by atoms with Crippen LogP contribution >= 0.6 is 0 Å². The first-order valence-electron chi connectivity index (χ1n) is 7.89. The number of hydrogen-bond donors (Lipinski definition) is 2. The van der Waals surface area contributed by atoms with Crippen LogP contribution in [0.2, 0.25) is 0 Å². The summed E-state index contributed by atoms with van der Waals surface area (Å²) in [5.41, 5.74) is 6.77. The molecule has 1 aromatic rings. The van der Waals surface area contributed by atoms with E-state index in [4.69, 9.17) is 19.9 Å². The molecule has 0 aliphatic carbocycles. The van der Waals surface area contributed by atoms with Gasteiger partial charge in [-0.2, -0.15) is 0 Å². The molecule has 1 aromatic carbocycles. The maximum atomic E-state index is 5.92. The third-order valence-corrected chi connectivity index (χ3v) is 3.78. The molecule has 1 saturated heterocycles. The van der Waals surface area contributed by atoms with Gasteiger partial charge in [-0.3, -0.25) is 4.99 Å². The van der Waals surface area contributed by atoms with Gasteiger partial charge >= 0.3 is 0 Å². The van der Waals surface area contributed by atoms with E-state index < -0.39 is 0 Å². The number of anilines is 1. The van der Waals surface area contributed by atoms with E-state index in [1.54, 1.807) is 0 Å². The highest BCUT2D eigenvalue weighted by molar-refractivity contribution is 5.92. The van der Waals surface area contributed by atoms with Crippen LogP contribution in [0.25, 0.3) is 0 Å². The van der Waals surface area contributed by atoms with Gasteiger partial charge in [0, 0.05) is 31.3 Å². The number of nitrogens with one attached hydrogen (secondary N) is 1. The Morgan fingerprint density at radius 1 is 1.18 bits per heavy atom. The molecule has 0 aromatic heterocycles. The van der Waals surface area contributed by atoms with E-state index in [2.05, 4.69) is 10.3 Å². The van der Waals surface area contributed by atoms with Crippen molar-refractivity contribution in [2.75, 3.05) is 31.7 Å². The Balaban J connectivity index is 1.54. The lowest BCUT2D eigenvalue weighted by molar-refractivity contribution is 0.106. The van der Waals surface area contributed by atoms with Gasteiger partial charge in [-0.15, -0.1) is 0 Å². The molecule has 0 amide bonds. The first-order valence-corrected chi connectivity index (χ1v) is 7.89. The smallest absolute Gasteiger partial charge is 0.193 e. The zero-order valence-electron chi connectivity index (χ0n) is 12.7. The Hall–Kier alpha value is -1.95. The fraction of sp³-hybridized carbons (Fsp3) is 0.562. The maximum absolute atomic E-state index is 5.92. The van der Waals surface area contributed by atoms with E-state index in [0.29, 0.717) is 31.8 Å². The molecule has 0 bridgehead atoms. The van der Waals surface area contributed by atoms with Gasteiger partial charge in [-0.1, -0.05) is 0 Å². The number of guanidine groups is 1. The van der Waals surface area contributed by atoms with Crippen LogP contribution in [0, 0.1) is 0 Å². The Labute approximate surface area is 130 Å². The predicted octanol–water partition coefficient (Wildman–Crippen LogP) is 2.14. The van der Waals surface area contributed by atoms with Gasteiger partial charge in [0.2, 0.25) is 0 Å². The van der Waals surface area contributed by atoms with Crippen molar-refractivity contribution in [3.63, 3.8) is 0 Å². The molecule has 2 heterocycles. The minimum absolute atomic E-state index is 0.342. The molecule has 2 aliphatic rings. The monoisotopic (exact) mass is 305 g/mol. The van der Waals surface area contributed by atoms with Gasteiger partial charge in [0.05, 0.1) is 19.3 Å². The first-order chi connectivity index (χ1) is 10.8. The van der Waals surface area contributed by atoms with E-state index in [9.17, 15) is 0 Å². The lowest BCUT2D eigenvalue weighted by atomic mass is 10.2. The third kappa shape index (κ3) is 4.04. The Bertz CT molecular complexity index is 527. The van der Waals surface area contributed by atoms with Crippen molar-refractivity contribution in [1.82, 2.24) is 0 Å². The SMILES string of the molecule is NC(=NCCC1CCCO1)Nc1ccc2c(c1)OCCCO2. The van der Waals surface area contributed by atoms with Crippen molar-refractivity contribution in [3.05, 3.63) is 18.2 Å². The number of nitrogens with two attached hydrogens (primary N) is 1. The number of aliphatic imine (C=N–C) groups is 1. The van der Waals surface area contributed by atoms with E-state index in [-0.39, 0.29) is 0 Å². The van der Waals surface area contributed by atoms with Crippen LogP contribution in [0.5, 0.6) is 11.5 Å². The van der Waals surface area contributed by atoms with Crippen molar-refractivity contribution in [2.24, 2.45) is 10.7 Å². The van der Waals surface area contributed by atoms with Crippen LogP contribution in [0.4, 0.5) is 5.69 Å². The maximum Gasteiger partial charge on any atom is 0.193 e. The van der Waals surface area contributed by atoms with Crippen LogP contribution in [0.1, 0.15) is 25.7 Å². The van der Waals surface area contributed by atoms with Gasteiger partial charge in [0.15, 0.2) is 17.5 Å². The van der Waals surface area contributed by atoms with Crippen molar-refractivity contribution in [3.8, 4) is 11.5 Å². The lowest BCUT2D eigenvalue weighted by Gasteiger charge is -2.11. The number of nitrogens with zero attached hydrogens (tertiary/aromatic N) is 1. The average Bonchev–Trinajstić information content (AvgIpc) is 2.91. The van der Waals surface area contributed by atoms with Gasteiger partial charge in [0.1, 0.15) is 0 Å². The highest BCUT2D eigenvalue weighted by Crippen LogP contribution is 2.32. The first kappa shape index (κ1) is 15.0. The molecule has 3 rings (SSSR count). The summed E-state index contributed by atoms with van der Waals surface area (Å²) in [6, 6.07) is 5.70. The normalized spacial score (nSPS) is 21.5. The Kier molecular flexibility index (Phi) is 5.00. The zero-order chi connectivity index (χ0) is 15.2. The summed E-state index contributed by atoms with van der Waals surface area (Å²) < 4.78 is 16.8. The van der Waals surface area contributed by atoms with Gasteiger partial charge < -0.3 is 25.3 Å². The molecule has 120 valence electrons. The molecule has 3 N–H and O–H groups in total. The number of rotatable bonds is 4. The molecule has 1 fully saturated rings. The molecule has 6 heteroatoms. The molecular formula is C16H23N3O3. The van der Waals surface area contributed by atoms with Crippen molar-refractivity contribution < 1.29 is 14.2 Å². The number of ether oxygens (including phenoxy) is 3. The molecule has 1 atom stereocenters. The Morgan fingerprint density at radius 3 is 2.86 bits per heavy atom. The molecule has 2 aliphatic heterocycles. The van der Waals surface area contributed by atoms with Crippen molar-refractivity contribution in [1.29, 1.82) is 0 Å². The second-order valence-corrected chi connectivity index (χ2v) is 5.53. The van der Waals surface area contributed by atoms with Crippen molar-refractivity contribution in [2.45, 2.75) is 31.8 Å².